The monoisotopic (exact) mass is 172 g/mol. The molecule has 1 aromatic heterocycles. The Balaban J connectivity index is 0.000000561. The van der Waals surface area contributed by atoms with Crippen molar-refractivity contribution in [1.29, 1.82) is 0 Å². The Kier molecular flexibility index (Phi) is 4.71. The van der Waals surface area contributed by atoms with E-state index in [0.717, 1.165) is 0 Å². The maximum atomic E-state index is 10.6. The Morgan fingerprint density at radius 1 is 1.42 bits per heavy atom. The molecular weight excluding hydrogens is 160 g/mol. The lowest BCUT2D eigenvalue weighted by molar-refractivity contribution is 0.279. The molecule has 0 aromatic carbocycles. The van der Waals surface area contributed by atoms with Gasteiger partial charge in [-0.05, 0) is 0 Å². The van der Waals surface area contributed by atoms with Crippen LogP contribution in [0.15, 0.2) is 15.8 Å². The maximum absolute atomic E-state index is 10.6. The number of hydrogen-bond donors (Lipinski definition) is 3. The standard InChI is InChI=1S/C5H6N2O3.C2H6/c8-2-3-1-6-5(10)7-4(3)9;1-2/h1,8H,2H2,(H2,6,7,9,10);1-2H3. The van der Waals surface area contributed by atoms with Gasteiger partial charge >= 0.3 is 5.69 Å². The van der Waals surface area contributed by atoms with Gasteiger partial charge in [0.15, 0.2) is 0 Å². The van der Waals surface area contributed by atoms with E-state index in [1.165, 1.54) is 6.20 Å². The number of aliphatic hydroxyl groups is 1. The average Bonchev–Trinajstić information content (AvgIpc) is 2.08. The Bertz CT molecular complexity index is 326. The highest BCUT2D eigenvalue weighted by Crippen LogP contribution is 1.79. The van der Waals surface area contributed by atoms with Crippen LogP contribution in [-0.4, -0.2) is 15.1 Å². The van der Waals surface area contributed by atoms with Crippen LogP contribution in [0, 0.1) is 0 Å². The van der Waals surface area contributed by atoms with Crippen molar-refractivity contribution >= 4 is 0 Å². The van der Waals surface area contributed by atoms with Gasteiger partial charge in [0.05, 0.1) is 12.2 Å². The molecule has 0 fully saturated rings. The number of rotatable bonds is 1. The van der Waals surface area contributed by atoms with Crippen LogP contribution < -0.4 is 11.2 Å². The first kappa shape index (κ1) is 10.6. The molecule has 5 nitrogen and oxygen atoms in total. The van der Waals surface area contributed by atoms with E-state index in [1.54, 1.807) is 0 Å². The molecule has 12 heavy (non-hydrogen) atoms. The molecule has 3 N–H and O–H groups in total. The summed E-state index contributed by atoms with van der Waals surface area (Å²) >= 11 is 0. The van der Waals surface area contributed by atoms with Crippen molar-refractivity contribution in [2.24, 2.45) is 0 Å². The zero-order valence-electron chi connectivity index (χ0n) is 7.05. The maximum Gasteiger partial charge on any atom is 0.325 e. The van der Waals surface area contributed by atoms with E-state index in [1.807, 2.05) is 18.8 Å². The number of aromatic nitrogens is 2. The van der Waals surface area contributed by atoms with Crippen molar-refractivity contribution in [1.82, 2.24) is 9.97 Å². The van der Waals surface area contributed by atoms with E-state index >= 15 is 0 Å². The topological polar surface area (TPSA) is 85.9 Å². The highest BCUT2D eigenvalue weighted by atomic mass is 16.3. The minimum absolute atomic E-state index is 0.152. The van der Waals surface area contributed by atoms with Crippen LogP contribution in [0.4, 0.5) is 0 Å². The van der Waals surface area contributed by atoms with Crippen molar-refractivity contribution in [3.05, 3.63) is 32.6 Å². The lowest BCUT2D eigenvalue weighted by Gasteiger charge is -1.89. The molecule has 0 spiro atoms. The fraction of sp³-hybridized carbons (Fsp3) is 0.429. The number of hydrogen-bond acceptors (Lipinski definition) is 3. The van der Waals surface area contributed by atoms with Gasteiger partial charge in [-0.15, -0.1) is 0 Å². The van der Waals surface area contributed by atoms with Gasteiger partial charge in [0, 0.05) is 6.20 Å². The minimum Gasteiger partial charge on any atom is -0.391 e. The molecule has 0 bridgehead atoms. The summed E-state index contributed by atoms with van der Waals surface area (Å²) in [7, 11) is 0. The first-order chi connectivity index (χ1) is 5.74. The molecule has 1 rings (SSSR count). The quantitative estimate of drug-likeness (QED) is 0.537. The SMILES string of the molecule is CC.O=c1[nH]cc(CO)c(=O)[nH]1. The zero-order valence-corrected chi connectivity index (χ0v) is 7.05. The summed E-state index contributed by atoms with van der Waals surface area (Å²) in [6.45, 7) is 3.63. The number of nitrogens with one attached hydrogen (secondary N) is 2. The van der Waals surface area contributed by atoms with Crippen molar-refractivity contribution in [3.8, 4) is 0 Å². The second-order valence-corrected chi connectivity index (χ2v) is 1.76. The molecule has 5 heteroatoms. The summed E-state index contributed by atoms with van der Waals surface area (Å²) in [5.41, 5.74) is -0.965. The van der Waals surface area contributed by atoms with Crippen LogP contribution in [-0.2, 0) is 6.61 Å². The molecule has 0 aliphatic heterocycles. The summed E-state index contributed by atoms with van der Waals surface area (Å²) < 4.78 is 0. The summed E-state index contributed by atoms with van der Waals surface area (Å²) in [4.78, 5) is 25.2. The fourth-order valence-electron chi connectivity index (χ4n) is 0.555. The summed E-state index contributed by atoms with van der Waals surface area (Å²) in [6.07, 6.45) is 1.18. The van der Waals surface area contributed by atoms with Gasteiger partial charge in [-0.1, -0.05) is 13.8 Å². The lowest BCUT2D eigenvalue weighted by atomic mass is 10.4. The second kappa shape index (κ2) is 5.31. The Labute approximate surface area is 69.1 Å². The molecule has 0 unspecified atom stereocenters. The molecule has 0 atom stereocenters. The first-order valence-corrected chi connectivity index (χ1v) is 3.66. The van der Waals surface area contributed by atoms with Crippen LogP contribution in [0.25, 0.3) is 0 Å². The molecule has 0 saturated heterocycles. The normalized spacial score (nSPS) is 8.58. The van der Waals surface area contributed by atoms with Crippen molar-refractivity contribution in [3.63, 3.8) is 0 Å². The van der Waals surface area contributed by atoms with Crippen LogP contribution >= 0.6 is 0 Å². The van der Waals surface area contributed by atoms with E-state index in [0.29, 0.717) is 0 Å². The number of aliphatic hydroxyl groups excluding tert-OH is 1. The Morgan fingerprint density at radius 3 is 2.42 bits per heavy atom. The first-order valence-electron chi connectivity index (χ1n) is 3.66. The van der Waals surface area contributed by atoms with Crippen molar-refractivity contribution in [2.45, 2.75) is 20.5 Å². The van der Waals surface area contributed by atoms with E-state index in [9.17, 15) is 9.59 Å². The van der Waals surface area contributed by atoms with Crippen LogP contribution in [0.2, 0.25) is 0 Å². The predicted molar refractivity (Wildman–Crippen MR) is 45.0 cm³/mol. The highest BCUT2D eigenvalue weighted by Gasteiger charge is 1.95. The van der Waals surface area contributed by atoms with Gasteiger partial charge in [-0.3, -0.25) is 9.78 Å². The zero-order chi connectivity index (χ0) is 9.56. The van der Waals surface area contributed by atoms with Crippen LogP contribution in [0.1, 0.15) is 19.4 Å². The summed E-state index contributed by atoms with van der Waals surface area (Å²) in [5, 5.41) is 8.47. The molecule has 1 aromatic rings. The molecule has 0 saturated carbocycles. The van der Waals surface area contributed by atoms with Gasteiger partial charge in [0.2, 0.25) is 0 Å². The predicted octanol–water partition coefficient (Wildman–Crippen LogP) is -0.418. The van der Waals surface area contributed by atoms with E-state index in [-0.39, 0.29) is 12.2 Å². The Hall–Kier alpha value is -1.36. The molecule has 0 amide bonds. The molecule has 0 aliphatic carbocycles. The van der Waals surface area contributed by atoms with Crippen molar-refractivity contribution in [2.75, 3.05) is 0 Å². The van der Waals surface area contributed by atoms with Crippen molar-refractivity contribution < 1.29 is 5.11 Å². The third-order valence-corrected chi connectivity index (χ3v) is 1.07. The fourth-order valence-corrected chi connectivity index (χ4v) is 0.555. The summed E-state index contributed by atoms with van der Waals surface area (Å²) in [6, 6.07) is 0. The molecule has 0 radical (unpaired) electrons. The third kappa shape index (κ3) is 2.71. The van der Waals surface area contributed by atoms with Crippen LogP contribution in [0.3, 0.4) is 0 Å². The van der Waals surface area contributed by atoms with E-state index in [2.05, 4.69) is 4.98 Å². The lowest BCUT2D eigenvalue weighted by Crippen LogP contribution is -2.24. The van der Waals surface area contributed by atoms with Gasteiger partial charge < -0.3 is 10.1 Å². The van der Waals surface area contributed by atoms with E-state index < -0.39 is 11.2 Å². The highest BCUT2D eigenvalue weighted by molar-refractivity contribution is 5.00. The second-order valence-electron chi connectivity index (χ2n) is 1.76. The minimum atomic E-state index is -0.567. The third-order valence-electron chi connectivity index (χ3n) is 1.07. The smallest absolute Gasteiger partial charge is 0.325 e. The van der Waals surface area contributed by atoms with E-state index in [4.69, 9.17) is 5.11 Å². The average molecular weight is 172 g/mol. The molecule has 1 heterocycles. The number of H-pyrrole nitrogens is 2. The summed E-state index contributed by atoms with van der Waals surface area (Å²) in [5.74, 6) is 0. The van der Waals surface area contributed by atoms with Gasteiger partial charge in [-0.25, -0.2) is 4.79 Å². The van der Waals surface area contributed by atoms with Gasteiger partial charge in [0.1, 0.15) is 0 Å². The molecular formula is C7H12N2O3. The Morgan fingerprint density at radius 2 is 2.00 bits per heavy atom. The van der Waals surface area contributed by atoms with Gasteiger partial charge in [0.25, 0.3) is 5.56 Å². The van der Waals surface area contributed by atoms with Gasteiger partial charge in [-0.2, -0.15) is 0 Å². The molecule has 68 valence electrons. The largest absolute Gasteiger partial charge is 0.391 e. The molecule has 0 aliphatic rings. The number of aromatic amines is 2. The van der Waals surface area contributed by atoms with Crippen LogP contribution in [0.5, 0.6) is 0 Å².